The van der Waals surface area contributed by atoms with Crippen LogP contribution in [0.1, 0.15) is 271 Å². The Morgan fingerprint density at radius 1 is 0.429 bits per heavy atom. The first-order valence-corrected chi connectivity index (χ1v) is 25.1. The highest BCUT2D eigenvalue weighted by molar-refractivity contribution is 5.80. The van der Waals surface area contributed by atoms with Crippen molar-refractivity contribution in [2.24, 2.45) is 0 Å². The van der Waals surface area contributed by atoms with E-state index in [2.05, 4.69) is 31.3 Å². The Morgan fingerprint density at radius 2 is 0.714 bits per heavy atom. The van der Waals surface area contributed by atoms with E-state index in [1.54, 1.807) is 0 Å². The molecule has 1 amide bonds. The molecule has 0 saturated carbocycles. The van der Waals surface area contributed by atoms with Crippen molar-refractivity contribution in [3.8, 4) is 0 Å². The molecule has 0 spiro atoms. The Kier molecular flexibility index (Phi) is 44.4. The molecule has 56 heavy (non-hydrogen) atoms. The molecule has 0 aromatic rings. The third-order valence-corrected chi connectivity index (χ3v) is 12.0. The third kappa shape index (κ3) is 38.6. The molecule has 0 fully saturated rings. The van der Waals surface area contributed by atoms with Gasteiger partial charge in [-0.05, 0) is 38.5 Å². The van der Waals surface area contributed by atoms with Gasteiger partial charge in [0.2, 0.25) is 5.91 Å². The summed E-state index contributed by atoms with van der Waals surface area (Å²) in [4.78, 5) is 12.5. The van der Waals surface area contributed by atoms with Gasteiger partial charge in [0, 0.05) is 0 Å². The van der Waals surface area contributed by atoms with Crippen LogP contribution in [0.4, 0.5) is 0 Å². The van der Waals surface area contributed by atoms with Gasteiger partial charge >= 0.3 is 0 Å². The zero-order valence-electron chi connectivity index (χ0n) is 37.7. The standard InChI is InChI=1S/C50H99NO5/c1-3-5-7-9-11-13-15-17-18-19-20-21-22-23-24-25-26-27-28-29-30-31-32-34-35-37-39-41-43-47(53)49(55)46(45-52)51-50(56)48(54)44-42-40-38-36-33-16-14-12-10-8-6-4-2/h33,36,46-49,52-55H,3-32,34-35,37-45H2,1-2H3,(H,51,56)/b36-33-. The number of allylic oxidation sites excluding steroid dienone is 2. The molecule has 0 radical (unpaired) electrons. The van der Waals surface area contributed by atoms with Gasteiger partial charge in [0.1, 0.15) is 12.2 Å². The summed E-state index contributed by atoms with van der Waals surface area (Å²) in [6.45, 7) is 4.05. The number of unbranched alkanes of at least 4 members (excludes halogenated alkanes) is 35. The van der Waals surface area contributed by atoms with Gasteiger partial charge in [0.15, 0.2) is 0 Å². The van der Waals surface area contributed by atoms with Gasteiger partial charge in [-0.25, -0.2) is 0 Å². The Labute approximate surface area is 349 Å². The summed E-state index contributed by atoms with van der Waals surface area (Å²) >= 11 is 0. The predicted octanol–water partition coefficient (Wildman–Crippen LogP) is 13.7. The van der Waals surface area contributed by atoms with E-state index in [1.165, 1.54) is 199 Å². The molecule has 4 unspecified atom stereocenters. The van der Waals surface area contributed by atoms with E-state index in [0.717, 1.165) is 44.9 Å². The topological polar surface area (TPSA) is 110 Å². The summed E-state index contributed by atoms with van der Waals surface area (Å²) in [7, 11) is 0. The maximum Gasteiger partial charge on any atom is 0.249 e. The molecule has 0 aromatic heterocycles. The van der Waals surface area contributed by atoms with Crippen LogP contribution in [0.25, 0.3) is 0 Å². The SMILES string of the molecule is CCCCCCCC/C=C\CCCCC(O)C(=O)NC(CO)C(O)C(O)CCCCCCCCCCCCCCCCCCCCCCCCCCCCCC. The molecule has 5 N–H and O–H groups in total. The van der Waals surface area contributed by atoms with Crippen LogP contribution in [0, 0.1) is 0 Å². The van der Waals surface area contributed by atoms with Gasteiger partial charge in [0.05, 0.1) is 18.8 Å². The lowest BCUT2D eigenvalue weighted by Crippen LogP contribution is -2.53. The quantitative estimate of drug-likeness (QED) is 0.0311. The van der Waals surface area contributed by atoms with Crippen LogP contribution < -0.4 is 5.32 Å². The zero-order chi connectivity index (χ0) is 41.0. The molecule has 0 heterocycles. The molecule has 0 aliphatic carbocycles. The number of carbonyl (C=O) groups excluding carboxylic acids is 1. The Balaban J connectivity index is 3.58. The van der Waals surface area contributed by atoms with Crippen LogP contribution in [0.15, 0.2) is 12.2 Å². The van der Waals surface area contributed by atoms with Gasteiger partial charge in [-0.2, -0.15) is 0 Å². The van der Waals surface area contributed by atoms with Gasteiger partial charge in [-0.3, -0.25) is 4.79 Å². The molecule has 6 nitrogen and oxygen atoms in total. The minimum atomic E-state index is -1.26. The van der Waals surface area contributed by atoms with Crippen molar-refractivity contribution < 1.29 is 25.2 Å². The Hall–Kier alpha value is -0.950. The lowest BCUT2D eigenvalue weighted by atomic mass is 9.99. The lowest BCUT2D eigenvalue weighted by Gasteiger charge is -2.27. The highest BCUT2D eigenvalue weighted by Crippen LogP contribution is 2.18. The fraction of sp³-hybridized carbons (Fsp3) is 0.940. The Bertz CT molecular complexity index is 806. The van der Waals surface area contributed by atoms with E-state index in [4.69, 9.17) is 0 Å². The second-order valence-corrected chi connectivity index (χ2v) is 17.5. The van der Waals surface area contributed by atoms with Gasteiger partial charge in [-0.1, -0.05) is 244 Å². The fourth-order valence-electron chi connectivity index (χ4n) is 7.99. The van der Waals surface area contributed by atoms with Gasteiger partial charge in [-0.15, -0.1) is 0 Å². The van der Waals surface area contributed by atoms with E-state index in [1.807, 2.05) is 0 Å². The van der Waals surface area contributed by atoms with E-state index < -0.39 is 36.9 Å². The fourth-order valence-corrected chi connectivity index (χ4v) is 7.99. The average molecular weight is 794 g/mol. The van der Waals surface area contributed by atoms with Crippen LogP contribution in [0.5, 0.6) is 0 Å². The number of aliphatic hydroxyl groups is 4. The number of aliphatic hydroxyl groups excluding tert-OH is 4. The van der Waals surface area contributed by atoms with Gasteiger partial charge < -0.3 is 25.7 Å². The van der Waals surface area contributed by atoms with Crippen molar-refractivity contribution in [1.29, 1.82) is 0 Å². The summed E-state index contributed by atoms with van der Waals surface area (Å²) in [6, 6.07) is -0.990. The molecule has 0 saturated heterocycles. The van der Waals surface area contributed by atoms with E-state index in [9.17, 15) is 25.2 Å². The first-order valence-electron chi connectivity index (χ1n) is 25.1. The number of carbonyl (C=O) groups is 1. The van der Waals surface area contributed by atoms with Crippen molar-refractivity contribution in [3.05, 3.63) is 12.2 Å². The summed E-state index contributed by atoms with van der Waals surface area (Å²) < 4.78 is 0. The van der Waals surface area contributed by atoms with E-state index in [0.29, 0.717) is 12.8 Å². The normalized spacial score (nSPS) is 14.0. The second kappa shape index (κ2) is 45.1. The van der Waals surface area contributed by atoms with Crippen LogP contribution in [0.2, 0.25) is 0 Å². The highest BCUT2D eigenvalue weighted by atomic mass is 16.3. The molecule has 6 heteroatoms. The minimum absolute atomic E-state index is 0.341. The van der Waals surface area contributed by atoms with E-state index >= 15 is 0 Å². The largest absolute Gasteiger partial charge is 0.394 e. The monoisotopic (exact) mass is 794 g/mol. The number of rotatable bonds is 46. The lowest BCUT2D eigenvalue weighted by molar-refractivity contribution is -0.132. The van der Waals surface area contributed by atoms with Crippen LogP contribution in [-0.4, -0.2) is 57.3 Å². The average Bonchev–Trinajstić information content (AvgIpc) is 3.20. The van der Waals surface area contributed by atoms with Crippen molar-refractivity contribution in [2.75, 3.05) is 6.61 Å². The van der Waals surface area contributed by atoms with E-state index in [-0.39, 0.29) is 0 Å². The maximum atomic E-state index is 12.5. The number of hydrogen-bond acceptors (Lipinski definition) is 5. The van der Waals surface area contributed by atoms with Gasteiger partial charge in [0.25, 0.3) is 0 Å². The number of hydrogen-bond donors (Lipinski definition) is 5. The van der Waals surface area contributed by atoms with Crippen molar-refractivity contribution in [3.63, 3.8) is 0 Å². The first kappa shape index (κ1) is 55.0. The van der Waals surface area contributed by atoms with Crippen LogP contribution in [0.3, 0.4) is 0 Å². The maximum absolute atomic E-state index is 12.5. The highest BCUT2D eigenvalue weighted by Gasteiger charge is 2.28. The van der Waals surface area contributed by atoms with Crippen LogP contribution in [-0.2, 0) is 4.79 Å². The predicted molar refractivity (Wildman–Crippen MR) is 242 cm³/mol. The summed E-state index contributed by atoms with van der Waals surface area (Å²) in [5, 5.41) is 43.7. The molecule has 4 atom stereocenters. The molecule has 0 aliphatic heterocycles. The van der Waals surface area contributed by atoms with Crippen LogP contribution >= 0.6 is 0 Å². The summed E-state index contributed by atoms with van der Waals surface area (Å²) in [6.07, 6.45) is 51.3. The molecule has 0 bridgehead atoms. The Morgan fingerprint density at radius 3 is 1.05 bits per heavy atom. The van der Waals surface area contributed by atoms with Crippen molar-refractivity contribution >= 4 is 5.91 Å². The number of amides is 1. The smallest absolute Gasteiger partial charge is 0.249 e. The molecular weight excluding hydrogens is 695 g/mol. The molecular formula is C50H99NO5. The van der Waals surface area contributed by atoms with Crippen molar-refractivity contribution in [2.45, 2.75) is 295 Å². The molecule has 334 valence electrons. The molecule has 0 aromatic carbocycles. The molecule has 0 rings (SSSR count). The second-order valence-electron chi connectivity index (χ2n) is 17.5. The third-order valence-electron chi connectivity index (χ3n) is 12.0. The first-order chi connectivity index (χ1) is 27.5. The minimum Gasteiger partial charge on any atom is -0.394 e. The summed E-state index contributed by atoms with van der Waals surface area (Å²) in [5.74, 6) is -0.598. The molecule has 0 aliphatic rings. The summed E-state index contributed by atoms with van der Waals surface area (Å²) in [5.41, 5.74) is 0. The number of nitrogens with one attached hydrogen (secondary N) is 1. The van der Waals surface area contributed by atoms with Crippen molar-refractivity contribution in [1.82, 2.24) is 5.32 Å². The zero-order valence-corrected chi connectivity index (χ0v) is 37.7.